The van der Waals surface area contributed by atoms with E-state index in [0.29, 0.717) is 11.8 Å². The van der Waals surface area contributed by atoms with Crippen LogP contribution in [0.4, 0.5) is 17.1 Å². The van der Waals surface area contributed by atoms with E-state index in [0.717, 1.165) is 29.8 Å². The summed E-state index contributed by atoms with van der Waals surface area (Å²) >= 11 is 0. The number of hydrogen-bond donors (Lipinski definition) is 0. The van der Waals surface area contributed by atoms with Crippen molar-refractivity contribution >= 4 is 17.1 Å². The van der Waals surface area contributed by atoms with Crippen LogP contribution in [0.1, 0.15) is 94.9 Å². The number of ether oxygens (including phenoxy) is 1. The minimum absolute atomic E-state index is 0.00480. The van der Waals surface area contributed by atoms with Crippen molar-refractivity contribution in [1.29, 1.82) is 0 Å². The smallest absolute Gasteiger partial charge is 0.141 e. The average Bonchev–Trinajstić information content (AvgIpc) is 3.12. The van der Waals surface area contributed by atoms with Crippen molar-refractivity contribution in [3.05, 3.63) is 138 Å². The lowest BCUT2D eigenvalue weighted by atomic mass is 9.41. The molecule has 6 aliphatic rings. The van der Waals surface area contributed by atoms with Gasteiger partial charge in [0.05, 0.1) is 11.4 Å². The Morgan fingerprint density at radius 1 is 0.540 bits per heavy atom. The monoisotopic (exact) mass is 655 g/mol. The van der Waals surface area contributed by atoms with Crippen LogP contribution < -0.4 is 9.64 Å². The van der Waals surface area contributed by atoms with Gasteiger partial charge >= 0.3 is 0 Å². The van der Waals surface area contributed by atoms with Crippen LogP contribution in [0, 0.1) is 23.7 Å². The molecular weight excluding hydrogens is 607 g/mol. The molecular formula is C48H49NO. The predicted octanol–water partition coefficient (Wildman–Crippen LogP) is 13.0. The van der Waals surface area contributed by atoms with E-state index in [-0.39, 0.29) is 16.2 Å². The normalized spacial score (nSPS) is 27.6. The number of nitrogens with zero attached hydrogens (tertiary/aromatic N) is 1. The van der Waals surface area contributed by atoms with Gasteiger partial charge in [0.1, 0.15) is 11.5 Å². The van der Waals surface area contributed by atoms with Gasteiger partial charge in [-0.1, -0.05) is 113 Å². The first kappa shape index (κ1) is 30.5. The summed E-state index contributed by atoms with van der Waals surface area (Å²) in [5, 5.41) is 0. The molecule has 4 bridgehead atoms. The lowest BCUT2D eigenvalue weighted by molar-refractivity contribution is -0.0451. The van der Waals surface area contributed by atoms with Crippen LogP contribution in [0.2, 0.25) is 0 Å². The van der Waals surface area contributed by atoms with E-state index in [1.54, 1.807) is 0 Å². The second-order valence-corrected chi connectivity index (χ2v) is 17.6. The lowest BCUT2D eigenvalue weighted by Gasteiger charge is -2.63. The van der Waals surface area contributed by atoms with E-state index in [1.807, 2.05) is 0 Å². The van der Waals surface area contributed by atoms with Gasteiger partial charge in [-0.05, 0) is 126 Å². The first-order valence-electron chi connectivity index (χ1n) is 19.2. The maximum absolute atomic E-state index is 7.32. The molecule has 11 rings (SSSR count). The summed E-state index contributed by atoms with van der Waals surface area (Å²) in [7, 11) is 0. The fourth-order valence-corrected chi connectivity index (χ4v) is 11.9. The molecule has 4 saturated carbocycles. The van der Waals surface area contributed by atoms with Gasteiger partial charge in [0.25, 0.3) is 0 Å². The molecule has 50 heavy (non-hydrogen) atoms. The van der Waals surface area contributed by atoms with E-state index in [4.69, 9.17) is 4.74 Å². The minimum atomic E-state index is -0.00480. The highest BCUT2D eigenvalue weighted by Crippen LogP contribution is 2.70. The number of fused-ring (bicyclic) bond motifs is 3. The van der Waals surface area contributed by atoms with Crippen molar-refractivity contribution in [2.75, 3.05) is 4.90 Å². The molecule has 5 aromatic rings. The summed E-state index contributed by atoms with van der Waals surface area (Å²) in [5.74, 6) is 5.23. The molecule has 0 radical (unpaired) electrons. The Kier molecular flexibility index (Phi) is 6.62. The number of benzene rings is 5. The zero-order chi connectivity index (χ0) is 33.8. The van der Waals surface area contributed by atoms with Crippen LogP contribution in [-0.2, 0) is 16.2 Å². The van der Waals surface area contributed by atoms with Crippen molar-refractivity contribution in [1.82, 2.24) is 0 Å². The number of para-hydroxylation sites is 2. The van der Waals surface area contributed by atoms with Crippen LogP contribution >= 0.6 is 0 Å². The molecule has 0 aromatic heterocycles. The molecule has 0 amide bonds. The molecule has 2 nitrogen and oxygen atoms in total. The molecule has 0 unspecified atom stereocenters. The van der Waals surface area contributed by atoms with E-state index in [2.05, 4.69) is 148 Å². The second kappa shape index (κ2) is 10.8. The van der Waals surface area contributed by atoms with Gasteiger partial charge in [-0.25, -0.2) is 0 Å². The van der Waals surface area contributed by atoms with Crippen LogP contribution in [0.25, 0.3) is 11.1 Å². The minimum Gasteiger partial charge on any atom is -0.456 e. The third kappa shape index (κ3) is 4.26. The maximum atomic E-state index is 7.32. The Morgan fingerprint density at radius 2 is 1.16 bits per heavy atom. The number of anilines is 3. The Morgan fingerprint density at radius 3 is 1.88 bits per heavy atom. The lowest BCUT2D eigenvalue weighted by Crippen LogP contribution is -2.57. The summed E-state index contributed by atoms with van der Waals surface area (Å²) in [6.07, 6.45) is 9.19. The van der Waals surface area contributed by atoms with Crippen molar-refractivity contribution in [2.24, 2.45) is 23.7 Å². The molecule has 1 aliphatic heterocycles. The highest BCUT2D eigenvalue weighted by atomic mass is 16.5. The van der Waals surface area contributed by atoms with Gasteiger partial charge in [0, 0.05) is 27.8 Å². The van der Waals surface area contributed by atoms with E-state index >= 15 is 0 Å². The predicted molar refractivity (Wildman–Crippen MR) is 206 cm³/mol. The maximum Gasteiger partial charge on any atom is 0.141 e. The van der Waals surface area contributed by atoms with Gasteiger partial charge < -0.3 is 9.64 Å². The Bertz CT molecular complexity index is 2080. The van der Waals surface area contributed by atoms with Crippen LogP contribution in [0.15, 0.2) is 115 Å². The summed E-state index contributed by atoms with van der Waals surface area (Å²) in [6.45, 7) is 9.77. The summed E-state index contributed by atoms with van der Waals surface area (Å²) in [5.41, 5.74) is 12.0. The SMILES string of the molecule is CC1(C)CCC(C)(C)c2c(N(c3ccccc3)c3ccc4c(c3-c3ccccc3)Oc3ccccc3C43C4CC5CC(C4)CC3C5)cccc21. The molecule has 252 valence electrons. The molecule has 2 heteroatoms. The number of rotatable bonds is 4. The van der Waals surface area contributed by atoms with Crippen molar-refractivity contribution in [3.8, 4) is 22.6 Å². The van der Waals surface area contributed by atoms with Crippen molar-refractivity contribution in [2.45, 2.75) is 88.9 Å². The standard InChI is InChI=1S/C48H49NO/c1-46(2)24-25-47(3,4)44-38(46)19-13-20-41(44)49(36-16-9-6-10-17-36)40-23-22-39-45(43(40)33-14-7-5-8-15-33)50-42-21-12-11-18-37(42)48(39)34-27-31-26-32(29-34)30-35(48)28-31/h5-23,31-32,34-35H,24-30H2,1-4H3. The first-order chi connectivity index (χ1) is 24.3. The second-order valence-electron chi connectivity index (χ2n) is 17.6. The molecule has 5 aromatic carbocycles. The third-order valence-electron chi connectivity index (χ3n) is 13.9. The Balaban J connectivity index is 1.29. The highest BCUT2D eigenvalue weighted by Gasteiger charge is 2.61. The van der Waals surface area contributed by atoms with Gasteiger partial charge in [-0.15, -0.1) is 0 Å². The molecule has 0 atom stereocenters. The van der Waals surface area contributed by atoms with E-state index in [9.17, 15) is 0 Å². The van der Waals surface area contributed by atoms with Crippen molar-refractivity contribution < 1.29 is 4.74 Å². The van der Waals surface area contributed by atoms with Crippen LogP contribution in [-0.4, -0.2) is 0 Å². The van der Waals surface area contributed by atoms with Crippen LogP contribution in [0.3, 0.4) is 0 Å². The van der Waals surface area contributed by atoms with E-state index < -0.39 is 0 Å². The quantitative estimate of drug-likeness (QED) is 0.191. The van der Waals surface area contributed by atoms with Gasteiger partial charge in [-0.2, -0.15) is 0 Å². The molecule has 0 N–H and O–H groups in total. The molecule has 4 fully saturated rings. The Hall–Kier alpha value is -4.30. The fourth-order valence-electron chi connectivity index (χ4n) is 11.9. The molecule has 1 heterocycles. The van der Waals surface area contributed by atoms with Crippen molar-refractivity contribution in [3.63, 3.8) is 0 Å². The first-order valence-corrected chi connectivity index (χ1v) is 19.2. The molecule has 5 aliphatic carbocycles. The fraction of sp³-hybridized carbons (Fsp3) is 0.375. The van der Waals surface area contributed by atoms with Gasteiger partial charge in [-0.3, -0.25) is 0 Å². The average molecular weight is 656 g/mol. The zero-order valence-corrected chi connectivity index (χ0v) is 30.1. The van der Waals surface area contributed by atoms with E-state index in [1.165, 1.54) is 89.0 Å². The topological polar surface area (TPSA) is 12.5 Å². The molecule has 1 spiro atoms. The van der Waals surface area contributed by atoms with Crippen LogP contribution in [0.5, 0.6) is 11.5 Å². The summed E-state index contributed by atoms with van der Waals surface area (Å²) in [4.78, 5) is 2.57. The van der Waals surface area contributed by atoms with Gasteiger partial charge in [0.2, 0.25) is 0 Å². The zero-order valence-electron chi connectivity index (χ0n) is 30.1. The Labute approximate surface area is 298 Å². The largest absolute Gasteiger partial charge is 0.456 e. The summed E-state index contributed by atoms with van der Waals surface area (Å²) < 4.78 is 7.32. The highest BCUT2D eigenvalue weighted by molar-refractivity contribution is 5.94. The van der Waals surface area contributed by atoms with Gasteiger partial charge in [0.15, 0.2) is 0 Å². The third-order valence-corrected chi connectivity index (χ3v) is 13.9. The summed E-state index contributed by atoms with van der Waals surface area (Å²) in [6, 6.07) is 43.3. The molecule has 0 saturated heterocycles. The number of hydrogen-bond acceptors (Lipinski definition) is 2.